The van der Waals surface area contributed by atoms with Gasteiger partial charge in [0, 0.05) is 9.92 Å². The number of anilines is 2. The zero-order valence-electron chi connectivity index (χ0n) is 13.3. The molecule has 0 bridgehead atoms. The average molecular weight is 385 g/mol. The van der Waals surface area contributed by atoms with E-state index in [1.807, 2.05) is 43.3 Å². The number of para-hydroxylation sites is 1. The van der Waals surface area contributed by atoms with E-state index < -0.39 is 10.8 Å². The standard InChI is InChI=1S/C17H21ClN2O2S2/c1-12(10-11-19)17-23-16-5-3-2-4-15(16)20(24(17,21)22)14-8-6-13(18)7-9-14/h2-9,12,17,21-22H,10-11,19H2,1H3. The lowest BCUT2D eigenvalue weighted by atomic mass is 10.1. The van der Waals surface area contributed by atoms with Gasteiger partial charge in [-0.15, -0.1) is 10.8 Å². The highest BCUT2D eigenvalue weighted by molar-refractivity contribution is 8.34. The summed E-state index contributed by atoms with van der Waals surface area (Å²) in [4.78, 5) is 1.03. The molecule has 0 fully saturated rings. The van der Waals surface area contributed by atoms with E-state index in [4.69, 9.17) is 17.3 Å². The van der Waals surface area contributed by atoms with Crippen LogP contribution in [0, 0.1) is 5.92 Å². The summed E-state index contributed by atoms with van der Waals surface area (Å²) in [6.07, 6.45) is 0.740. The second-order valence-corrected chi connectivity index (χ2v) is 9.75. The van der Waals surface area contributed by atoms with Gasteiger partial charge in [-0.05, 0) is 55.3 Å². The molecule has 7 heteroatoms. The zero-order valence-corrected chi connectivity index (χ0v) is 15.7. The average Bonchev–Trinajstić information content (AvgIpc) is 2.55. The Bertz CT molecular complexity index is 712. The molecule has 4 nitrogen and oxygen atoms in total. The molecule has 1 aliphatic heterocycles. The van der Waals surface area contributed by atoms with Crippen molar-refractivity contribution in [3.8, 4) is 0 Å². The van der Waals surface area contributed by atoms with E-state index >= 15 is 0 Å². The highest BCUT2D eigenvalue weighted by atomic mass is 35.5. The van der Waals surface area contributed by atoms with Crippen molar-refractivity contribution in [2.24, 2.45) is 11.7 Å². The fourth-order valence-electron chi connectivity index (χ4n) is 2.86. The first kappa shape index (κ1) is 17.9. The summed E-state index contributed by atoms with van der Waals surface area (Å²) in [7, 11) is -3.07. The molecule has 24 heavy (non-hydrogen) atoms. The number of fused-ring (bicyclic) bond motifs is 1. The van der Waals surface area contributed by atoms with Crippen LogP contribution in [0.15, 0.2) is 53.4 Å². The number of nitrogens with zero attached hydrogens (tertiary/aromatic N) is 1. The van der Waals surface area contributed by atoms with E-state index in [0.29, 0.717) is 11.6 Å². The highest BCUT2D eigenvalue weighted by Crippen LogP contribution is 2.66. The molecule has 4 N–H and O–H groups in total. The molecule has 0 saturated heterocycles. The highest BCUT2D eigenvalue weighted by Gasteiger charge is 2.42. The van der Waals surface area contributed by atoms with Crippen LogP contribution in [0.5, 0.6) is 0 Å². The first-order chi connectivity index (χ1) is 11.4. The Morgan fingerprint density at radius 3 is 2.54 bits per heavy atom. The van der Waals surface area contributed by atoms with Crippen molar-refractivity contribution in [1.29, 1.82) is 0 Å². The van der Waals surface area contributed by atoms with Gasteiger partial charge in [0.2, 0.25) is 0 Å². The topological polar surface area (TPSA) is 69.7 Å². The Labute approximate surface area is 153 Å². The van der Waals surface area contributed by atoms with Crippen molar-refractivity contribution >= 4 is 45.5 Å². The summed E-state index contributed by atoms with van der Waals surface area (Å²) in [5, 5.41) is 0.614. The SMILES string of the molecule is CC(CCN)C1Sc2ccccc2N(c2ccc(Cl)cc2)S1(O)O. The zero-order chi connectivity index (χ0) is 17.3. The third kappa shape index (κ3) is 3.27. The van der Waals surface area contributed by atoms with Crippen LogP contribution in [0.3, 0.4) is 0 Å². The monoisotopic (exact) mass is 384 g/mol. The molecule has 3 rings (SSSR count). The van der Waals surface area contributed by atoms with Crippen LogP contribution in [0.4, 0.5) is 11.4 Å². The van der Waals surface area contributed by atoms with Gasteiger partial charge < -0.3 is 5.73 Å². The number of nitrogens with two attached hydrogens (primary N) is 1. The normalized spacial score (nSPS) is 21.9. The lowest BCUT2D eigenvalue weighted by Gasteiger charge is -2.53. The Morgan fingerprint density at radius 2 is 1.88 bits per heavy atom. The van der Waals surface area contributed by atoms with E-state index in [2.05, 4.69) is 0 Å². The van der Waals surface area contributed by atoms with Crippen molar-refractivity contribution in [3.05, 3.63) is 53.6 Å². The molecule has 0 aliphatic carbocycles. The summed E-state index contributed by atoms with van der Waals surface area (Å²) in [5.41, 5.74) is 7.22. The first-order valence-electron chi connectivity index (χ1n) is 7.74. The van der Waals surface area contributed by atoms with Crippen molar-refractivity contribution in [2.45, 2.75) is 22.8 Å². The molecule has 0 radical (unpaired) electrons. The number of halogens is 1. The van der Waals surface area contributed by atoms with E-state index in [1.165, 1.54) is 11.8 Å². The Kier molecular flexibility index (Phi) is 5.34. The Hall–Kier alpha value is -0.890. The molecule has 0 spiro atoms. The van der Waals surface area contributed by atoms with Crippen LogP contribution >= 0.6 is 34.1 Å². The van der Waals surface area contributed by atoms with Gasteiger partial charge in [-0.1, -0.05) is 42.4 Å². The second-order valence-electron chi connectivity index (χ2n) is 5.84. The minimum atomic E-state index is -3.07. The maximum absolute atomic E-state index is 11.1. The van der Waals surface area contributed by atoms with Gasteiger partial charge in [-0.2, -0.15) is 0 Å². The number of hydrogen-bond acceptors (Lipinski definition) is 5. The van der Waals surface area contributed by atoms with Crippen molar-refractivity contribution in [3.63, 3.8) is 0 Å². The van der Waals surface area contributed by atoms with E-state index in [1.54, 1.807) is 16.4 Å². The van der Waals surface area contributed by atoms with E-state index in [0.717, 1.165) is 22.7 Å². The van der Waals surface area contributed by atoms with Crippen molar-refractivity contribution in [2.75, 3.05) is 10.8 Å². The Morgan fingerprint density at radius 1 is 1.21 bits per heavy atom. The van der Waals surface area contributed by atoms with Crippen LogP contribution in [-0.4, -0.2) is 20.2 Å². The molecule has 0 amide bonds. The van der Waals surface area contributed by atoms with Crippen LogP contribution < -0.4 is 10.0 Å². The van der Waals surface area contributed by atoms with Crippen molar-refractivity contribution < 1.29 is 9.11 Å². The first-order valence-corrected chi connectivity index (χ1v) is 10.6. The third-order valence-corrected chi connectivity index (χ3v) is 8.70. The van der Waals surface area contributed by atoms with Crippen LogP contribution in [0.2, 0.25) is 5.02 Å². The molecule has 1 heterocycles. The van der Waals surface area contributed by atoms with Crippen LogP contribution in [0.1, 0.15) is 13.3 Å². The van der Waals surface area contributed by atoms with Gasteiger partial charge in [-0.3, -0.25) is 9.11 Å². The van der Waals surface area contributed by atoms with Gasteiger partial charge in [0.25, 0.3) is 0 Å². The fourth-order valence-corrected chi connectivity index (χ4v) is 7.03. The van der Waals surface area contributed by atoms with Crippen molar-refractivity contribution in [1.82, 2.24) is 0 Å². The molecular formula is C17H21ClN2O2S2. The summed E-state index contributed by atoms with van der Waals surface area (Å²) in [6, 6.07) is 14.9. The van der Waals surface area contributed by atoms with Gasteiger partial charge in [0.05, 0.1) is 11.4 Å². The summed E-state index contributed by atoms with van der Waals surface area (Å²) in [5.74, 6) is 0.0770. The molecule has 0 saturated carbocycles. The minimum absolute atomic E-state index is 0.0770. The predicted molar refractivity (Wildman–Crippen MR) is 105 cm³/mol. The quantitative estimate of drug-likeness (QED) is 0.643. The smallest absolute Gasteiger partial charge is 0.121 e. The lowest BCUT2D eigenvalue weighted by Crippen LogP contribution is -2.37. The van der Waals surface area contributed by atoms with Gasteiger partial charge in [0.15, 0.2) is 0 Å². The number of hydrogen-bond donors (Lipinski definition) is 3. The van der Waals surface area contributed by atoms with E-state index in [9.17, 15) is 9.11 Å². The predicted octanol–water partition coefficient (Wildman–Crippen LogP) is 5.56. The lowest BCUT2D eigenvalue weighted by molar-refractivity contribution is 0.456. The Balaban J connectivity index is 2.11. The fraction of sp³-hybridized carbons (Fsp3) is 0.294. The maximum Gasteiger partial charge on any atom is 0.121 e. The second kappa shape index (κ2) is 7.15. The molecule has 1 aliphatic rings. The third-order valence-electron chi connectivity index (χ3n) is 4.06. The molecule has 2 atom stereocenters. The molecule has 130 valence electrons. The van der Waals surface area contributed by atoms with E-state index in [-0.39, 0.29) is 10.5 Å². The molecule has 2 aromatic carbocycles. The molecule has 2 unspecified atom stereocenters. The maximum atomic E-state index is 11.1. The number of rotatable bonds is 4. The van der Waals surface area contributed by atoms with Crippen LogP contribution in [0.25, 0.3) is 0 Å². The summed E-state index contributed by atoms with van der Waals surface area (Å²) < 4.78 is 23.6. The summed E-state index contributed by atoms with van der Waals surface area (Å²) in [6.45, 7) is 2.54. The van der Waals surface area contributed by atoms with Gasteiger partial charge in [0.1, 0.15) is 4.58 Å². The largest absolute Gasteiger partial charge is 0.330 e. The van der Waals surface area contributed by atoms with Crippen LogP contribution in [-0.2, 0) is 0 Å². The number of benzene rings is 2. The van der Waals surface area contributed by atoms with Gasteiger partial charge >= 0.3 is 0 Å². The number of thioether (sulfide) groups is 1. The minimum Gasteiger partial charge on any atom is -0.330 e. The molecule has 0 aromatic heterocycles. The van der Waals surface area contributed by atoms with Gasteiger partial charge in [-0.25, -0.2) is 4.31 Å². The molecule has 2 aromatic rings. The molecular weight excluding hydrogens is 364 g/mol. The summed E-state index contributed by atoms with van der Waals surface area (Å²) >= 11 is 7.51.